The SMILES string of the molecule is C#CC[C@H](NC(=O)[C@@H](CC(=O)N(C)CCN1CC2CCC1C2)Cc1ccccc1)C(=O)N[C@@H](CC1CCCCC1)[C@@H](O)[C@@H](O)CC(C)C. The number of fused-ring (bicyclic) bond motifs is 2. The molecule has 3 aliphatic rings. The highest BCUT2D eigenvalue weighted by molar-refractivity contribution is 5.91. The number of amides is 3. The molecular weight excluding hydrogens is 604 g/mol. The molecule has 2 saturated carbocycles. The van der Waals surface area contributed by atoms with Gasteiger partial charge >= 0.3 is 0 Å². The molecule has 0 spiro atoms. The molecule has 1 aromatic rings. The minimum Gasteiger partial charge on any atom is -0.390 e. The fourth-order valence-corrected chi connectivity index (χ4v) is 8.08. The Bertz CT molecular complexity index is 1210. The van der Waals surface area contributed by atoms with Crippen LogP contribution in [0.5, 0.6) is 0 Å². The van der Waals surface area contributed by atoms with Gasteiger partial charge in [-0.1, -0.05) is 76.3 Å². The molecule has 3 fully saturated rings. The first-order valence-corrected chi connectivity index (χ1v) is 18.5. The van der Waals surface area contributed by atoms with Crippen LogP contribution in [0, 0.1) is 36.0 Å². The zero-order chi connectivity index (χ0) is 34.6. The number of hydrogen-bond donors (Lipinski definition) is 4. The lowest BCUT2D eigenvalue weighted by molar-refractivity contribution is -0.137. The third kappa shape index (κ3) is 11.3. The lowest BCUT2D eigenvalue weighted by Gasteiger charge is -2.33. The number of carbonyl (C=O) groups is 3. The van der Waals surface area contributed by atoms with Crippen LogP contribution in [0.4, 0.5) is 0 Å². The predicted molar refractivity (Wildman–Crippen MR) is 189 cm³/mol. The number of nitrogens with one attached hydrogen (secondary N) is 2. The molecule has 1 aromatic carbocycles. The average Bonchev–Trinajstić information content (AvgIpc) is 3.70. The second-order valence-electron chi connectivity index (χ2n) is 15.2. The Morgan fingerprint density at radius 2 is 1.75 bits per heavy atom. The number of terminal acetylenes is 1. The van der Waals surface area contributed by atoms with E-state index in [0.29, 0.717) is 37.8 Å². The molecule has 0 radical (unpaired) electrons. The Labute approximate surface area is 288 Å². The Morgan fingerprint density at radius 1 is 1.02 bits per heavy atom. The second kappa shape index (κ2) is 18.7. The van der Waals surface area contributed by atoms with Crippen LogP contribution in [0.25, 0.3) is 0 Å². The second-order valence-corrected chi connectivity index (χ2v) is 15.2. The molecule has 1 saturated heterocycles. The van der Waals surface area contributed by atoms with Gasteiger partial charge in [0.2, 0.25) is 17.7 Å². The summed E-state index contributed by atoms with van der Waals surface area (Å²) < 4.78 is 0. The molecule has 1 aliphatic heterocycles. The summed E-state index contributed by atoms with van der Waals surface area (Å²) in [4.78, 5) is 45.3. The Morgan fingerprint density at radius 3 is 2.38 bits per heavy atom. The maximum atomic E-state index is 13.9. The number of piperidine rings is 1. The molecule has 4 N–H and O–H groups in total. The fraction of sp³-hybridized carbons (Fsp3) is 0.718. The zero-order valence-corrected chi connectivity index (χ0v) is 29.5. The molecule has 3 amide bonds. The van der Waals surface area contributed by atoms with Crippen molar-refractivity contribution in [2.75, 3.05) is 26.7 Å². The largest absolute Gasteiger partial charge is 0.390 e. The van der Waals surface area contributed by atoms with Crippen LogP contribution < -0.4 is 10.6 Å². The van der Waals surface area contributed by atoms with Crippen molar-refractivity contribution in [1.29, 1.82) is 0 Å². The number of nitrogens with zero attached hydrogens (tertiary/aromatic N) is 2. The minimum absolute atomic E-state index is 0.0120. The summed E-state index contributed by atoms with van der Waals surface area (Å²) in [5.41, 5.74) is 0.925. The van der Waals surface area contributed by atoms with Crippen LogP contribution in [0.15, 0.2) is 30.3 Å². The summed E-state index contributed by atoms with van der Waals surface area (Å²) in [6.45, 7) is 6.52. The Kier molecular flexibility index (Phi) is 14.8. The molecule has 48 heavy (non-hydrogen) atoms. The van der Waals surface area contributed by atoms with Gasteiger partial charge in [0.1, 0.15) is 12.1 Å². The minimum atomic E-state index is -1.14. The van der Waals surface area contributed by atoms with Gasteiger partial charge in [0.15, 0.2) is 0 Å². The van der Waals surface area contributed by atoms with Gasteiger partial charge in [-0.15, -0.1) is 12.3 Å². The van der Waals surface area contributed by atoms with E-state index in [2.05, 4.69) is 21.5 Å². The van der Waals surface area contributed by atoms with Crippen molar-refractivity contribution in [1.82, 2.24) is 20.4 Å². The van der Waals surface area contributed by atoms with E-state index < -0.39 is 42.0 Å². The Balaban J connectivity index is 1.42. The summed E-state index contributed by atoms with van der Waals surface area (Å²) in [6.07, 6.45) is 14.1. The van der Waals surface area contributed by atoms with Gasteiger partial charge in [-0.3, -0.25) is 19.3 Å². The van der Waals surface area contributed by atoms with E-state index in [0.717, 1.165) is 50.3 Å². The highest BCUT2D eigenvalue weighted by Gasteiger charge is 2.38. The van der Waals surface area contributed by atoms with Crippen LogP contribution in [-0.2, 0) is 20.8 Å². The number of aliphatic hydroxyl groups excluding tert-OH is 2. The fourth-order valence-electron chi connectivity index (χ4n) is 8.08. The van der Waals surface area contributed by atoms with Crippen LogP contribution in [0.2, 0.25) is 0 Å². The van der Waals surface area contributed by atoms with Crippen molar-refractivity contribution < 1.29 is 24.6 Å². The first-order chi connectivity index (χ1) is 23.0. The molecule has 2 bridgehead atoms. The number of hydrogen-bond acceptors (Lipinski definition) is 6. The van der Waals surface area contributed by atoms with Crippen molar-refractivity contribution in [2.45, 2.75) is 128 Å². The van der Waals surface area contributed by atoms with Crippen molar-refractivity contribution in [2.24, 2.45) is 23.7 Å². The number of rotatable bonds is 18. The Hall–Kier alpha value is -2.93. The number of likely N-dealkylation sites (N-methyl/N-ethyl adjacent to an activating group) is 1. The summed E-state index contributed by atoms with van der Waals surface area (Å²) in [6, 6.07) is 8.51. The summed E-state index contributed by atoms with van der Waals surface area (Å²) >= 11 is 0. The third-order valence-corrected chi connectivity index (χ3v) is 10.9. The molecule has 0 aromatic heterocycles. The molecule has 7 atom stereocenters. The van der Waals surface area contributed by atoms with Crippen molar-refractivity contribution in [3.63, 3.8) is 0 Å². The molecule has 2 unspecified atom stereocenters. The van der Waals surface area contributed by atoms with E-state index in [-0.39, 0.29) is 24.7 Å². The third-order valence-electron chi connectivity index (χ3n) is 10.9. The standard InChI is InChI=1S/C39H60N4O5/c1-5-12-33(39(48)41-34(24-29-15-10-7-11-16-29)37(46)35(44)21-27(2)3)40-38(47)31(22-28-13-8-6-9-14-28)25-36(45)42(4)19-20-43-26-30-17-18-32(43)23-30/h1,6,8-9,13-14,27,29-35,37,44,46H,7,10-12,15-26H2,2-4H3,(H,40,47)(H,41,48)/t30?,31-,32?,33+,34+,35+,37-/m1/s1. The van der Waals surface area contributed by atoms with E-state index in [9.17, 15) is 24.6 Å². The normalized spacial score (nSPS) is 22.8. The molecule has 266 valence electrons. The molecule has 1 heterocycles. The van der Waals surface area contributed by atoms with Crippen LogP contribution in [-0.4, -0.2) is 94.7 Å². The first kappa shape index (κ1) is 37.9. The van der Waals surface area contributed by atoms with E-state index in [4.69, 9.17) is 6.42 Å². The average molecular weight is 665 g/mol. The highest BCUT2D eigenvalue weighted by atomic mass is 16.3. The first-order valence-electron chi connectivity index (χ1n) is 18.5. The van der Waals surface area contributed by atoms with Gasteiger partial charge in [-0.2, -0.15) is 0 Å². The van der Waals surface area contributed by atoms with Gasteiger partial charge < -0.3 is 25.7 Å². The molecule has 2 aliphatic carbocycles. The lowest BCUT2D eigenvalue weighted by Crippen LogP contribution is -2.56. The van der Waals surface area contributed by atoms with Crippen molar-refractivity contribution in [3.8, 4) is 12.3 Å². The van der Waals surface area contributed by atoms with Crippen LogP contribution >= 0.6 is 0 Å². The van der Waals surface area contributed by atoms with Crippen LogP contribution in [0.3, 0.4) is 0 Å². The molecule has 4 rings (SSSR count). The number of carbonyl (C=O) groups excluding carboxylic acids is 3. The van der Waals surface area contributed by atoms with E-state index in [1.807, 2.05) is 44.2 Å². The topological polar surface area (TPSA) is 122 Å². The van der Waals surface area contributed by atoms with E-state index >= 15 is 0 Å². The number of likely N-dealkylation sites (tertiary alicyclic amines) is 1. The smallest absolute Gasteiger partial charge is 0.243 e. The van der Waals surface area contributed by atoms with E-state index in [1.54, 1.807) is 11.9 Å². The summed E-state index contributed by atoms with van der Waals surface area (Å²) in [5.74, 6) is 2.12. The van der Waals surface area contributed by atoms with Gasteiger partial charge in [0.25, 0.3) is 0 Å². The van der Waals surface area contributed by atoms with E-state index in [1.165, 1.54) is 25.7 Å². The predicted octanol–water partition coefficient (Wildman–Crippen LogP) is 3.91. The zero-order valence-electron chi connectivity index (χ0n) is 29.5. The van der Waals surface area contributed by atoms with Crippen molar-refractivity contribution >= 4 is 17.7 Å². The lowest BCUT2D eigenvalue weighted by atomic mass is 9.82. The maximum absolute atomic E-state index is 13.9. The molecule has 9 heteroatoms. The van der Waals surface area contributed by atoms with Gasteiger partial charge in [-0.05, 0) is 61.8 Å². The molecule has 9 nitrogen and oxygen atoms in total. The van der Waals surface area contributed by atoms with Gasteiger partial charge in [-0.25, -0.2) is 0 Å². The summed E-state index contributed by atoms with van der Waals surface area (Å²) in [7, 11) is 1.80. The van der Waals surface area contributed by atoms with Crippen molar-refractivity contribution in [3.05, 3.63) is 35.9 Å². The van der Waals surface area contributed by atoms with Gasteiger partial charge in [0.05, 0.1) is 18.1 Å². The van der Waals surface area contributed by atoms with Gasteiger partial charge in [0, 0.05) is 45.6 Å². The quantitative estimate of drug-likeness (QED) is 0.177. The van der Waals surface area contributed by atoms with Crippen LogP contribution in [0.1, 0.15) is 96.5 Å². The molecular formula is C39H60N4O5. The number of aliphatic hydroxyl groups is 2. The maximum Gasteiger partial charge on any atom is 0.243 e. The monoisotopic (exact) mass is 664 g/mol. The highest BCUT2D eigenvalue weighted by Crippen LogP contribution is 2.37. The summed E-state index contributed by atoms with van der Waals surface area (Å²) in [5, 5.41) is 27.9. The number of benzene rings is 1.